The molecule has 3 rings (SSSR count). The first-order valence-corrected chi connectivity index (χ1v) is 14.8. The van der Waals surface area contributed by atoms with Gasteiger partial charge < -0.3 is 5.32 Å². The van der Waals surface area contributed by atoms with Crippen LogP contribution in [0.1, 0.15) is 24.0 Å². The second-order valence-electron chi connectivity index (χ2n) is 8.41. The molecule has 0 aliphatic carbocycles. The Balaban J connectivity index is 1.59. The summed E-state index contributed by atoms with van der Waals surface area (Å²) in [6.07, 6.45) is 1.53. The minimum atomic E-state index is -3.85. The second-order valence-corrected chi connectivity index (χ2v) is 12.4. The lowest BCUT2D eigenvalue weighted by Crippen LogP contribution is -2.31. The Hall–Kier alpha value is -3.08. The van der Waals surface area contributed by atoms with Gasteiger partial charge in [-0.3, -0.25) is 13.8 Å². The van der Waals surface area contributed by atoms with E-state index in [-0.39, 0.29) is 23.8 Å². The van der Waals surface area contributed by atoms with E-state index in [0.717, 1.165) is 17.4 Å². The molecule has 0 aromatic heterocycles. The van der Waals surface area contributed by atoms with Crippen molar-refractivity contribution < 1.29 is 21.6 Å². The van der Waals surface area contributed by atoms with E-state index in [2.05, 4.69) is 10.0 Å². The lowest BCUT2D eigenvalue weighted by molar-refractivity contribution is -0.116. The molecule has 0 unspecified atom stereocenters. The van der Waals surface area contributed by atoms with E-state index in [4.69, 9.17) is 11.6 Å². The maximum Gasteiger partial charge on any atom is 0.261 e. The summed E-state index contributed by atoms with van der Waals surface area (Å²) in [4.78, 5) is 12.4. The van der Waals surface area contributed by atoms with Gasteiger partial charge >= 0.3 is 0 Å². The molecule has 3 aromatic rings. The molecule has 0 saturated heterocycles. The monoisotopic (exact) mass is 549 g/mol. The molecule has 36 heavy (non-hydrogen) atoms. The van der Waals surface area contributed by atoms with Crippen LogP contribution in [0, 0.1) is 13.8 Å². The molecule has 0 saturated carbocycles. The normalized spacial score (nSPS) is 11.7. The molecule has 8 nitrogen and oxygen atoms in total. The molecule has 192 valence electrons. The largest absolute Gasteiger partial charge is 0.326 e. The molecule has 3 aromatic carbocycles. The van der Waals surface area contributed by atoms with Crippen molar-refractivity contribution in [3.63, 3.8) is 0 Å². The number of carbonyl (C=O) groups excluding carboxylic acids is 1. The molecule has 0 spiro atoms. The van der Waals surface area contributed by atoms with Crippen molar-refractivity contribution in [3.8, 4) is 0 Å². The molecular formula is C25H28ClN3O5S2. The zero-order chi connectivity index (χ0) is 26.5. The van der Waals surface area contributed by atoms with Gasteiger partial charge in [0.05, 0.1) is 22.5 Å². The molecule has 11 heteroatoms. The summed E-state index contributed by atoms with van der Waals surface area (Å²) in [6.45, 7) is 3.80. The first-order chi connectivity index (χ1) is 16.8. The van der Waals surface area contributed by atoms with Crippen LogP contribution >= 0.6 is 11.6 Å². The second kappa shape index (κ2) is 11.3. The highest BCUT2D eigenvalue weighted by atomic mass is 35.5. The van der Waals surface area contributed by atoms with Crippen molar-refractivity contribution >= 4 is 54.6 Å². The Morgan fingerprint density at radius 1 is 0.944 bits per heavy atom. The van der Waals surface area contributed by atoms with Gasteiger partial charge in [0.1, 0.15) is 0 Å². The quantitative estimate of drug-likeness (QED) is 0.372. The molecule has 0 aliphatic heterocycles. The third kappa shape index (κ3) is 7.46. The van der Waals surface area contributed by atoms with Crippen molar-refractivity contribution in [2.24, 2.45) is 0 Å². The third-order valence-electron chi connectivity index (χ3n) is 5.35. The van der Waals surface area contributed by atoms with Gasteiger partial charge in [0.2, 0.25) is 15.9 Å². The van der Waals surface area contributed by atoms with Crippen molar-refractivity contribution in [2.45, 2.75) is 31.6 Å². The average Bonchev–Trinajstić information content (AvgIpc) is 2.78. The fourth-order valence-corrected chi connectivity index (χ4v) is 5.75. The summed E-state index contributed by atoms with van der Waals surface area (Å²) in [5.74, 6) is -0.309. The number of hydrogen-bond donors (Lipinski definition) is 2. The minimum Gasteiger partial charge on any atom is -0.326 e. The van der Waals surface area contributed by atoms with Gasteiger partial charge in [0.15, 0.2) is 0 Å². The van der Waals surface area contributed by atoms with Gasteiger partial charge in [-0.25, -0.2) is 16.8 Å². The number of aryl methyl sites for hydroxylation is 2. The molecule has 1 amide bonds. The first-order valence-electron chi connectivity index (χ1n) is 11.1. The van der Waals surface area contributed by atoms with Gasteiger partial charge in [-0.15, -0.1) is 0 Å². The fourth-order valence-electron chi connectivity index (χ4n) is 3.50. The Morgan fingerprint density at radius 2 is 1.64 bits per heavy atom. The van der Waals surface area contributed by atoms with Crippen molar-refractivity contribution in [1.29, 1.82) is 0 Å². The van der Waals surface area contributed by atoms with Crippen LogP contribution in [0.3, 0.4) is 0 Å². The summed E-state index contributed by atoms with van der Waals surface area (Å²) in [7, 11) is -7.36. The summed E-state index contributed by atoms with van der Waals surface area (Å²) in [6, 6.07) is 17.8. The van der Waals surface area contributed by atoms with Crippen molar-refractivity contribution in [2.75, 3.05) is 27.1 Å². The molecule has 0 fully saturated rings. The maximum atomic E-state index is 12.7. The predicted octanol–water partition coefficient (Wildman–Crippen LogP) is 4.94. The Morgan fingerprint density at radius 3 is 2.28 bits per heavy atom. The van der Waals surface area contributed by atoms with Crippen LogP contribution < -0.4 is 14.3 Å². The zero-order valence-electron chi connectivity index (χ0n) is 20.2. The van der Waals surface area contributed by atoms with E-state index in [9.17, 15) is 21.6 Å². The molecule has 0 aliphatic rings. The van der Waals surface area contributed by atoms with Gasteiger partial charge in [-0.1, -0.05) is 29.8 Å². The number of nitrogens with zero attached hydrogens (tertiary/aromatic N) is 1. The highest BCUT2D eigenvalue weighted by Crippen LogP contribution is 2.24. The maximum absolute atomic E-state index is 12.7. The van der Waals surface area contributed by atoms with E-state index in [1.165, 1.54) is 34.6 Å². The fraction of sp³-hybridized carbons (Fsp3) is 0.240. The number of anilines is 3. The standard InChI is InChI=1S/C25H28ClN3O5S2/c1-18-6-4-7-22(16-18)29(35(3,31)32)15-5-8-25(30)27-21-11-13-23(14-12-21)36(33,34)28-24-17-20(26)10-9-19(24)2/h4,6-7,9-14,16-17,28H,5,8,15H2,1-3H3,(H,27,30). The van der Waals surface area contributed by atoms with Gasteiger partial charge in [-0.05, 0) is 79.9 Å². The van der Waals surface area contributed by atoms with E-state index in [0.29, 0.717) is 28.5 Å². The average molecular weight is 550 g/mol. The van der Waals surface area contributed by atoms with E-state index < -0.39 is 20.0 Å². The van der Waals surface area contributed by atoms with Crippen LogP contribution in [0.2, 0.25) is 5.02 Å². The summed E-state index contributed by atoms with van der Waals surface area (Å²) in [5, 5.41) is 3.12. The summed E-state index contributed by atoms with van der Waals surface area (Å²) >= 11 is 5.97. The lowest BCUT2D eigenvalue weighted by atomic mass is 10.2. The van der Waals surface area contributed by atoms with Crippen LogP contribution in [-0.2, 0) is 24.8 Å². The number of amides is 1. The molecule has 0 bridgehead atoms. The number of hydrogen-bond acceptors (Lipinski definition) is 5. The molecule has 2 N–H and O–H groups in total. The highest BCUT2D eigenvalue weighted by molar-refractivity contribution is 7.92. The highest BCUT2D eigenvalue weighted by Gasteiger charge is 2.18. The van der Waals surface area contributed by atoms with Gasteiger partial charge in [0, 0.05) is 23.7 Å². The number of rotatable bonds is 10. The lowest BCUT2D eigenvalue weighted by Gasteiger charge is -2.22. The molecule has 0 radical (unpaired) electrons. The van der Waals surface area contributed by atoms with Crippen LogP contribution in [0.15, 0.2) is 71.6 Å². The number of sulfonamides is 2. The zero-order valence-corrected chi connectivity index (χ0v) is 22.5. The summed E-state index contributed by atoms with van der Waals surface area (Å²) in [5.41, 5.74) is 3.02. The number of halogens is 1. The van der Waals surface area contributed by atoms with Crippen LogP contribution in [0.5, 0.6) is 0 Å². The summed E-state index contributed by atoms with van der Waals surface area (Å²) < 4.78 is 53.7. The number of benzene rings is 3. The molecular weight excluding hydrogens is 522 g/mol. The van der Waals surface area contributed by atoms with Crippen molar-refractivity contribution in [1.82, 2.24) is 0 Å². The minimum absolute atomic E-state index is 0.0295. The molecule has 0 atom stereocenters. The smallest absolute Gasteiger partial charge is 0.261 e. The number of nitrogens with one attached hydrogen (secondary N) is 2. The van der Waals surface area contributed by atoms with Crippen LogP contribution in [0.25, 0.3) is 0 Å². The first kappa shape index (κ1) is 27.5. The van der Waals surface area contributed by atoms with Crippen molar-refractivity contribution in [3.05, 3.63) is 82.9 Å². The number of carbonyl (C=O) groups is 1. The SMILES string of the molecule is Cc1cccc(N(CCCC(=O)Nc2ccc(S(=O)(=O)Nc3cc(Cl)ccc3C)cc2)S(C)(=O)=O)c1. The van der Waals surface area contributed by atoms with E-state index >= 15 is 0 Å². The Kier molecular flexibility index (Phi) is 8.65. The molecule has 0 heterocycles. The topological polar surface area (TPSA) is 113 Å². The van der Waals surface area contributed by atoms with Gasteiger partial charge in [-0.2, -0.15) is 0 Å². The van der Waals surface area contributed by atoms with E-state index in [1.54, 1.807) is 37.3 Å². The van der Waals surface area contributed by atoms with E-state index in [1.807, 2.05) is 13.0 Å². The third-order valence-corrected chi connectivity index (χ3v) is 8.16. The van der Waals surface area contributed by atoms with Crippen LogP contribution in [-0.4, -0.2) is 35.5 Å². The Bertz CT molecular complexity index is 1460. The van der Waals surface area contributed by atoms with Crippen LogP contribution in [0.4, 0.5) is 17.1 Å². The van der Waals surface area contributed by atoms with Gasteiger partial charge in [0.25, 0.3) is 10.0 Å². The Labute approximate surface area is 217 Å². The predicted molar refractivity (Wildman–Crippen MR) is 145 cm³/mol.